The lowest BCUT2D eigenvalue weighted by molar-refractivity contribution is -0.102. The predicted molar refractivity (Wildman–Crippen MR) is 48.6 cm³/mol. The van der Waals surface area contributed by atoms with Crippen LogP contribution < -0.4 is 0 Å². The highest BCUT2D eigenvalue weighted by Crippen LogP contribution is 2.44. The second-order valence-corrected chi connectivity index (χ2v) is 4.62. The van der Waals surface area contributed by atoms with Gasteiger partial charge in [0.1, 0.15) is 0 Å². The highest BCUT2D eigenvalue weighted by Gasteiger charge is 2.54. The number of hydrogen-bond acceptors (Lipinski definition) is 2. The molecular weight excluding hydrogens is 170 g/mol. The van der Waals surface area contributed by atoms with Crippen molar-refractivity contribution < 1.29 is 15.0 Å². The summed E-state index contributed by atoms with van der Waals surface area (Å²) in [7, 11) is 0. The van der Waals surface area contributed by atoms with Gasteiger partial charge in [0.15, 0.2) is 0 Å². The molecule has 13 heavy (non-hydrogen) atoms. The standard InChI is InChI=1S/C9H17NO3/c1-8(2,3)9(6-11)4-5-10(9)7(12)13/h11H,4-6H2,1-3H3,(H,12,13)/t9-/m1/s1. The molecule has 0 saturated carbocycles. The lowest BCUT2D eigenvalue weighted by atomic mass is 9.66. The second-order valence-electron chi connectivity index (χ2n) is 4.62. The maximum Gasteiger partial charge on any atom is 0.407 e. The molecule has 2 N–H and O–H groups in total. The molecule has 0 unspecified atom stereocenters. The minimum absolute atomic E-state index is 0.0944. The van der Waals surface area contributed by atoms with Gasteiger partial charge in [0.25, 0.3) is 0 Å². The Hall–Kier alpha value is -0.770. The van der Waals surface area contributed by atoms with E-state index < -0.39 is 11.6 Å². The minimum Gasteiger partial charge on any atom is -0.465 e. The predicted octanol–water partition coefficient (Wildman–Crippen LogP) is 1.15. The molecule has 1 saturated heterocycles. The normalized spacial score (nSPS) is 28.5. The molecule has 1 heterocycles. The fraction of sp³-hybridized carbons (Fsp3) is 0.889. The van der Waals surface area contributed by atoms with Crippen LogP contribution in [0.15, 0.2) is 0 Å². The Morgan fingerprint density at radius 3 is 2.15 bits per heavy atom. The number of rotatable bonds is 1. The Bertz CT molecular complexity index is 217. The van der Waals surface area contributed by atoms with Crippen molar-refractivity contribution in [3.8, 4) is 0 Å². The van der Waals surface area contributed by atoms with Gasteiger partial charge in [-0.15, -0.1) is 0 Å². The average molecular weight is 187 g/mol. The maximum absolute atomic E-state index is 10.8. The first-order chi connectivity index (χ1) is 5.85. The van der Waals surface area contributed by atoms with Gasteiger partial charge < -0.3 is 10.2 Å². The smallest absolute Gasteiger partial charge is 0.407 e. The van der Waals surface area contributed by atoms with Crippen molar-refractivity contribution >= 4 is 6.09 Å². The lowest BCUT2D eigenvalue weighted by Gasteiger charge is -2.57. The third-order valence-corrected chi connectivity index (χ3v) is 3.15. The van der Waals surface area contributed by atoms with Gasteiger partial charge in [-0.3, -0.25) is 4.90 Å². The van der Waals surface area contributed by atoms with Crippen LogP contribution in [0.25, 0.3) is 0 Å². The lowest BCUT2D eigenvalue weighted by Crippen LogP contribution is -2.69. The van der Waals surface area contributed by atoms with E-state index in [0.29, 0.717) is 6.54 Å². The summed E-state index contributed by atoms with van der Waals surface area (Å²) in [5.41, 5.74) is -0.781. The van der Waals surface area contributed by atoms with E-state index >= 15 is 0 Å². The number of hydrogen-bond donors (Lipinski definition) is 2. The molecule has 1 aliphatic heterocycles. The first-order valence-electron chi connectivity index (χ1n) is 4.46. The molecule has 0 aliphatic carbocycles. The summed E-state index contributed by atoms with van der Waals surface area (Å²) in [4.78, 5) is 12.2. The van der Waals surface area contributed by atoms with E-state index in [9.17, 15) is 9.90 Å². The van der Waals surface area contributed by atoms with Crippen molar-refractivity contribution in [3.63, 3.8) is 0 Å². The Morgan fingerprint density at radius 2 is 2.08 bits per heavy atom. The zero-order chi connectivity index (χ0) is 10.3. The fourth-order valence-electron chi connectivity index (χ4n) is 1.95. The van der Waals surface area contributed by atoms with Crippen LogP contribution in [0, 0.1) is 5.41 Å². The van der Waals surface area contributed by atoms with Crippen LogP contribution in [0.3, 0.4) is 0 Å². The van der Waals surface area contributed by atoms with Crippen LogP contribution in [0.1, 0.15) is 27.2 Å². The Kier molecular flexibility index (Phi) is 2.28. The van der Waals surface area contributed by atoms with Gasteiger partial charge in [-0.25, -0.2) is 4.79 Å². The van der Waals surface area contributed by atoms with Crippen molar-refractivity contribution in [2.45, 2.75) is 32.7 Å². The number of amides is 1. The topological polar surface area (TPSA) is 60.8 Å². The molecule has 1 amide bonds. The Labute approximate surface area is 78.2 Å². The summed E-state index contributed by atoms with van der Waals surface area (Å²) in [6.45, 7) is 6.31. The quantitative estimate of drug-likeness (QED) is 0.647. The van der Waals surface area contributed by atoms with Crippen molar-refractivity contribution in [2.24, 2.45) is 5.41 Å². The Morgan fingerprint density at radius 1 is 1.54 bits per heavy atom. The molecule has 1 atom stereocenters. The van der Waals surface area contributed by atoms with Gasteiger partial charge in [-0.05, 0) is 11.8 Å². The van der Waals surface area contributed by atoms with E-state index in [1.54, 1.807) is 0 Å². The van der Waals surface area contributed by atoms with Crippen LogP contribution in [-0.4, -0.2) is 39.9 Å². The van der Waals surface area contributed by atoms with Gasteiger partial charge in [0, 0.05) is 6.54 Å². The first-order valence-corrected chi connectivity index (χ1v) is 4.46. The van der Waals surface area contributed by atoms with Crippen LogP contribution in [-0.2, 0) is 0 Å². The molecule has 4 heteroatoms. The van der Waals surface area contributed by atoms with Crippen LogP contribution in [0.2, 0.25) is 0 Å². The number of aliphatic hydroxyl groups excluding tert-OH is 1. The van der Waals surface area contributed by atoms with E-state index in [0.717, 1.165) is 6.42 Å². The summed E-state index contributed by atoms with van der Waals surface area (Å²) < 4.78 is 0. The number of carbonyl (C=O) groups is 1. The summed E-state index contributed by atoms with van der Waals surface area (Å²) >= 11 is 0. The molecule has 1 fully saturated rings. The molecule has 4 nitrogen and oxygen atoms in total. The molecule has 1 rings (SSSR count). The monoisotopic (exact) mass is 187 g/mol. The average Bonchev–Trinajstić information content (AvgIpc) is 1.81. The first kappa shape index (κ1) is 10.3. The molecular formula is C9H17NO3. The second kappa shape index (κ2) is 2.87. The Balaban J connectivity index is 2.90. The largest absolute Gasteiger partial charge is 0.465 e. The summed E-state index contributed by atoms with van der Waals surface area (Å²) in [5.74, 6) is 0. The number of aliphatic hydroxyl groups is 1. The molecule has 0 radical (unpaired) electrons. The van der Waals surface area contributed by atoms with Crippen molar-refractivity contribution in [1.82, 2.24) is 4.90 Å². The van der Waals surface area contributed by atoms with Crippen LogP contribution in [0.5, 0.6) is 0 Å². The van der Waals surface area contributed by atoms with E-state index in [1.807, 2.05) is 20.8 Å². The third-order valence-electron chi connectivity index (χ3n) is 3.15. The third kappa shape index (κ3) is 1.29. The summed E-state index contributed by atoms with van der Waals surface area (Å²) in [6.07, 6.45) is -0.186. The molecule has 76 valence electrons. The number of carboxylic acid groups (broad SMARTS) is 1. The molecule has 0 aromatic rings. The SMILES string of the molecule is CC(C)(C)[C@]1(CO)CCN1C(=O)O. The number of nitrogens with zero attached hydrogens (tertiary/aromatic N) is 1. The molecule has 0 aromatic carbocycles. The number of likely N-dealkylation sites (tertiary alicyclic amines) is 1. The minimum atomic E-state index is -0.935. The fourth-order valence-corrected chi connectivity index (χ4v) is 1.95. The van der Waals surface area contributed by atoms with Gasteiger partial charge in [-0.2, -0.15) is 0 Å². The highest BCUT2D eigenvalue weighted by atomic mass is 16.4. The van der Waals surface area contributed by atoms with Gasteiger partial charge in [-0.1, -0.05) is 20.8 Å². The van der Waals surface area contributed by atoms with Crippen molar-refractivity contribution in [2.75, 3.05) is 13.2 Å². The van der Waals surface area contributed by atoms with Gasteiger partial charge in [0.2, 0.25) is 0 Å². The van der Waals surface area contributed by atoms with E-state index in [2.05, 4.69) is 0 Å². The summed E-state index contributed by atoms with van der Waals surface area (Å²) in [6, 6.07) is 0. The van der Waals surface area contributed by atoms with E-state index in [4.69, 9.17) is 5.11 Å². The van der Waals surface area contributed by atoms with Gasteiger partial charge >= 0.3 is 6.09 Å². The summed E-state index contributed by atoms with van der Waals surface area (Å²) in [5, 5.41) is 18.2. The van der Waals surface area contributed by atoms with E-state index in [-0.39, 0.29) is 12.0 Å². The van der Waals surface area contributed by atoms with Crippen LogP contribution in [0.4, 0.5) is 4.79 Å². The molecule has 0 spiro atoms. The van der Waals surface area contributed by atoms with Crippen molar-refractivity contribution in [3.05, 3.63) is 0 Å². The molecule has 1 aliphatic rings. The van der Waals surface area contributed by atoms with E-state index in [1.165, 1.54) is 4.90 Å². The highest BCUT2D eigenvalue weighted by molar-refractivity contribution is 5.67. The van der Waals surface area contributed by atoms with Crippen LogP contribution >= 0.6 is 0 Å². The molecule has 0 bridgehead atoms. The van der Waals surface area contributed by atoms with Gasteiger partial charge in [0.05, 0.1) is 12.1 Å². The maximum atomic E-state index is 10.8. The zero-order valence-corrected chi connectivity index (χ0v) is 8.37. The van der Waals surface area contributed by atoms with Crippen molar-refractivity contribution in [1.29, 1.82) is 0 Å². The molecule has 0 aromatic heterocycles. The zero-order valence-electron chi connectivity index (χ0n) is 8.37.